The lowest BCUT2D eigenvalue weighted by Gasteiger charge is -2.14. The Balaban J connectivity index is 2.47. The second-order valence-electron chi connectivity index (χ2n) is 3.72. The van der Waals surface area contributed by atoms with E-state index in [0.717, 1.165) is 12.1 Å². The summed E-state index contributed by atoms with van der Waals surface area (Å²) in [7, 11) is 0. The number of nitrogens with two attached hydrogens (primary N) is 1. The minimum absolute atomic E-state index is 0.0453. The Labute approximate surface area is 104 Å². The SMILES string of the molecule is CCNC(CCOc1ccc(F)cc1F)C(N)=O. The van der Waals surface area contributed by atoms with Crippen LogP contribution in [0.25, 0.3) is 0 Å². The number of primary amides is 1. The number of rotatable bonds is 7. The van der Waals surface area contributed by atoms with E-state index in [2.05, 4.69) is 5.32 Å². The summed E-state index contributed by atoms with van der Waals surface area (Å²) in [6.07, 6.45) is 0.319. The molecule has 1 aromatic carbocycles. The van der Waals surface area contributed by atoms with Crippen LogP contribution in [0.4, 0.5) is 8.78 Å². The second kappa shape index (κ2) is 6.90. The summed E-state index contributed by atoms with van der Waals surface area (Å²) < 4.78 is 31.0. The minimum atomic E-state index is -0.769. The second-order valence-corrected chi connectivity index (χ2v) is 3.72. The van der Waals surface area contributed by atoms with Gasteiger partial charge in [0, 0.05) is 12.5 Å². The van der Waals surface area contributed by atoms with Gasteiger partial charge in [-0.1, -0.05) is 6.92 Å². The van der Waals surface area contributed by atoms with Crippen LogP contribution in [0, 0.1) is 11.6 Å². The van der Waals surface area contributed by atoms with Crippen molar-refractivity contribution in [1.82, 2.24) is 5.32 Å². The fraction of sp³-hybridized carbons (Fsp3) is 0.417. The topological polar surface area (TPSA) is 64.3 Å². The number of ether oxygens (including phenoxy) is 1. The number of halogens is 2. The van der Waals surface area contributed by atoms with Crippen LogP contribution in [0.2, 0.25) is 0 Å². The van der Waals surface area contributed by atoms with Gasteiger partial charge in [-0.2, -0.15) is 0 Å². The average Bonchev–Trinajstić information content (AvgIpc) is 2.30. The summed E-state index contributed by atoms with van der Waals surface area (Å²) in [4.78, 5) is 11.0. The molecular formula is C12H16F2N2O2. The fourth-order valence-electron chi connectivity index (χ4n) is 1.47. The largest absolute Gasteiger partial charge is 0.490 e. The number of nitrogens with one attached hydrogen (secondary N) is 1. The van der Waals surface area contributed by atoms with Gasteiger partial charge in [0.05, 0.1) is 12.6 Å². The molecule has 0 saturated carbocycles. The Bertz CT molecular complexity index is 413. The molecular weight excluding hydrogens is 242 g/mol. The molecule has 0 aliphatic heterocycles. The highest BCUT2D eigenvalue weighted by atomic mass is 19.1. The number of hydrogen-bond donors (Lipinski definition) is 2. The van der Waals surface area contributed by atoms with Gasteiger partial charge in [-0.15, -0.1) is 0 Å². The molecule has 3 N–H and O–H groups in total. The first-order valence-corrected chi connectivity index (χ1v) is 5.65. The van der Waals surface area contributed by atoms with Crippen molar-refractivity contribution in [2.45, 2.75) is 19.4 Å². The van der Waals surface area contributed by atoms with E-state index in [0.29, 0.717) is 13.0 Å². The molecule has 0 saturated heterocycles. The van der Waals surface area contributed by atoms with E-state index in [-0.39, 0.29) is 12.4 Å². The predicted octanol–water partition coefficient (Wildman–Crippen LogP) is 1.20. The van der Waals surface area contributed by atoms with Gasteiger partial charge in [-0.3, -0.25) is 4.79 Å². The van der Waals surface area contributed by atoms with Crippen LogP contribution in [0.1, 0.15) is 13.3 Å². The maximum Gasteiger partial charge on any atom is 0.234 e. The van der Waals surface area contributed by atoms with Crippen molar-refractivity contribution in [3.8, 4) is 5.75 Å². The van der Waals surface area contributed by atoms with Crippen molar-refractivity contribution < 1.29 is 18.3 Å². The molecule has 0 spiro atoms. The summed E-state index contributed by atoms with van der Waals surface area (Å²) in [6, 6.07) is 2.54. The van der Waals surface area contributed by atoms with Gasteiger partial charge in [0.15, 0.2) is 11.6 Å². The maximum absolute atomic E-state index is 13.2. The normalized spacial score (nSPS) is 12.2. The molecule has 1 atom stereocenters. The quantitative estimate of drug-likeness (QED) is 0.772. The molecule has 1 aromatic rings. The molecule has 1 amide bonds. The molecule has 1 unspecified atom stereocenters. The van der Waals surface area contributed by atoms with E-state index < -0.39 is 23.6 Å². The highest BCUT2D eigenvalue weighted by Crippen LogP contribution is 2.17. The van der Waals surface area contributed by atoms with E-state index in [4.69, 9.17) is 10.5 Å². The zero-order valence-electron chi connectivity index (χ0n) is 10.1. The molecule has 100 valence electrons. The van der Waals surface area contributed by atoms with Gasteiger partial charge in [-0.05, 0) is 18.7 Å². The Hall–Kier alpha value is -1.69. The molecule has 0 radical (unpaired) electrons. The van der Waals surface area contributed by atoms with E-state index in [1.807, 2.05) is 6.92 Å². The molecule has 0 bridgehead atoms. The van der Waals surface area contributed by atoms with Gasteiger partial charge in [0.1, 0.15) is 5.82 Å². The number of amides is 1. The molecule has 1 rings (SSSR count). The summed E-state index contributed by atoms with van der Waals surface area (Å²) >= 11 is 0. The highest BCUT2D eigenvalue weighted by Gasteiger charge is 2.14. The smallest absolute Gasteiger partial charge is 0.234 e. The van der Waals surface area contributed by atoms with Crippen molar-refractivity contribution in [2.75, 3.05) is 13.2 Å². The number of carbonyl (C=O) groups excluding carboxylic acids is 1. The summed E-state index contributed by atoms with van der Waals surface area (Å²) in [5.41, 5.74) is 5.17. The van der Waals surface area contributed by atoms with Crippen LogP contribution in [0.3, 0.4) is 0 Å². The Morgan fingerprint density at radius 1 is 1.50 bits per heavy atom. The van der Waals surface area contributed by atoms with Gasteiger partial charge in [0.2, 0.25) is 5.91 Å². The van der Waals surface area contributed by atoms with Crippen molar-refractivity contribution in [2.24, 2.45) is 5.73 Å². The molecule has 0 aliphatic carbocycles. The third kappa shape index (κ3) is 4.29. The number of benzene rings is 1. The van der Waals surface area contributed by atoms with E-state index in [1.165, 1.54) is 6.07 Å². The number of likely N-dealkylation sites (N-methyl/N-ethyl adjacent to an activating group) is 1. The average molecular weight is 258 g/mol. The molecule has 0 aliphatic rings. The van der Waals surface area contributed by atoms with Gasteiger partial charge in [0.25, 0.3) is 0 Å². The van der Waals surface area contributed by atoms with Crippen LogP contribution < -0.4 is 15.8 Å². The molecule has 4 nitrogen and oxygen atoms in total. The maximum atomic E-state index is 13.2. The lowest BCUT2D eigenvalue weighted by atomic mass is 10.2. The Morgan fingerprint density at radius 2 is 2.22 bits per heavy atom. The number of hydrogen-bond acceptors (Lipinski definition) is 3. The van der Waals surface area contributed by atoms with Crippen molar-refractivity contribution in [1.29, 1.82) is 0 Å². The van der Waals surface area contributed by atoms with Crippen molar-refractivity contribution in [3.05, 3.63) is 29.8 Å². The van der Waals surface area contributed by atoms with Gasteiger partial charge >= 0.3 is 0 Å². The summed E-state index contributed by atoms with van der Waals surface area (Å²) in [6.45, 7) is 2.55. The zero-order chi connectivity index (χ0) is 13.5. The van der Waals surface area contributed by atoms with Crippen LogP contribution in [-0.4, -0.2) is 25.1 Å². The standard InChI is InChI=1S/C12H16F2N2O2/c1-2-16-10(12(15)17)5-6-18-11-4-3-8(13)7-9(11)14/h3-4,7,10,16H,2,5-6H2,1H3,(H2,15,17). The summed E-state index contributed by atoms with van der Waals surface area (Å²) in [5, 5.41) is 2.88. The van der Waals surface area contributed by atoms with Gasteiger partial charge < -0.3 is 15.8 Å². The molecule has 6 heteroatoms. The lowest BCUT2D eigenvalue weighted by Crippen LogP contribution is -2.42. The predicted molar refractivity (Wildman–Crippen MR) is 63.1 cm³/mol. The van der Waals surface area contributed by atoms with E-state index >= 15 is 0 Å². The lowest BCUT2D eigenvalue weighted by molar-refractivity contribution is -0.120. The van der Waals surface area contributed by atoms with Crippen LogP contribution >= 0.6 is 0 Å². The van der Waals surface area contributed by atoms with Crippen molar-refractivity contribution in [3.63, 3.8) is 0 Å². The van der Waals surface area contributed by atoms with Gasteiger partial charge in [-0.25, -0.2) is 8.78 Å². The first-order chi connectivity index (χ1) is 8.54. The first kappa shape index (κ1) is 14.4. The molecule has 0 fully saturated rings. The summed E-state index contributed by atoms with van der Waals surface area (Å²) in [5.74, 6) is -1.97. The van der Waals surface area contributed by atoms with E-state index in [1.54, 1.807) is 0 Å². The van der Waals surface area contributed by atoms with Crippen LogP contribution in [0.15, 0.2) is 18.2 Å². The fourth-order valence-corrected chi connectivity index (χ4v) is 1.47. The number of carbonyl (C=O) groups is 1. The molecule has 0 heterocycles. The third-order valence-electron chi connectivity index (χ3n) is 2.35. The van der Waals surface area contributed by atoms with E-state index in [9.17, 15) is 13.6 Å². The zero-order valence-corrected chi connectivity index (χ0v) is 10.1. The van der Waals surface area contributed by atoms with Crippen LogP contribution in [0.5, 0.6) is 5.75 Å². The molecule has 18 heavy (non-hydrogen) atoms. The highest BCUT2D eigenvalue weighted by molar-refractivity contribution is 5.79. The monoisotopic (exact) mass is 258 g/mol. The first-order valence-electron chi connectivity index (χ1n) is 5.65. The Kier molecular flexibility index (Phi) is 5.51. The minimum Gasteiger partial charge on any atom is -0.490 e. The molecule has 0 aromatic heterocycles. The third-order valence-corrected chi connectivity index (χ3v) is 2.35. The Morgan fingerprint density at radius 3 is 2.78 bits per heavy atom. The van der Waals surface area contributed by atoms with Crippen LogP contribution in [-0.2, 0) is 4.79 Å². The van der Waals surface area contributed by atoms with Crippen molar-refractivity contribution >= 4 is 5.91 Å².